The van der Waals surface area contributed by atoms with Gasteiger partial charge in [-0.3, -0.25) is 14.4 Å². The zero-order valence-corrected chi connectivity index (χ0v) is 23.2. The highest BCUT2D eigenvalue weighted by Gasteiger charge is 2.20. The van der Waals surface area contributed by atoms with Gasteiger partial charge in [0.25, 0.3) is 11.8 Å². The summed E-state index contributed by atoms with van der Waals surface area (Å²) in [6.07, 6.45) is 3.33. The number of carbonyl (C=O) groups is 4. The molecule has 1 aromatic heterocycles. The second-order valence-electron chi connectivity index (χ2n) is 8.92. The number of hydrogen-bond donors (Lipinski definition) is 5. The summed E-state index contributed by atoms with van der Waals surface area (Å²) in [4.78, 5) is 51.0. The topological polar surface area (TPSA) is 158 Å². The van der Waals surface area contributed by atoms with Crippen molar-refractivity contribution in [2.24, 2.45) is 0 Å². The van der Waals surface area contributed by atoms with Gasteiger partial charge in [-0.05, 0) is 67.1 Å². The monoisotopic (exact) mass is 585 g/mol. The van der Waals surface area contributed by atoms with Gasteiger partial charge in [-0.1, -0.05) is 31.2 Å². The Morgan fingerprint density at radius 1 is 0.905 bits per heavy atom. The molecule has 0 aliphatic rings. The van der Waals surface area contributed by atoms with Crippen molar-refractivity contribution in [1.82, 2.24) is 5.32 Å². The van der Waals surface area contributed by atoms with Crippen molar-refractivity contribution < 1.29 is 33.8 Å². The normalized spacial score (nSPS) is 11.8. The second-order valence-corrected chi connectivity index (χ2v) is 10.2. The van der Waals surface area contributed by atoms with Crippen molar-refractivity contribution in [3.63, 3.8) is 0 Å². The van der Waals surface area contributed by atoms with Gasteiger partial charge in [0.2, 0.25) is 5.91 Å². The highest BCUT2D eigenvalue weighted by Crippen LogP contribution is 2.29. The number of furan rings is 1. The van der Waals surface area contributed by atoms with E-state index in [1.807, 2.05) is 6.92 Å². The van der Waals surface area contributed by atoms with Crippen LogP contribution in [0.25, 0.3) is 6.08 Å². The molecule has 42 heavy (non-hydrogen) atoms. The lowest BCUT2D eigenvalue weighted by atomic mass is 10.1. The first-order valence-corrected chi connectivity index (χ1v) is 13.7. The van der Waals surface area contributed by atoms with Crippen LogP contribution in [-0.2, 0) is 9.59 Å². The van der Waals surface area contributed by atoms with Gasteiger partial charge in [-0.25, -0.2) is 4.79 Å². The fourth-order valence-corrected chi connectivity index (χ4v) is 4.81. The van der Waals surface area contributed by atoms with E-state index in [4.69, 9.17) is 4.42 Å². The van der Waals surface area contributed by atoms with Crippen LogP contribution in [0.4, 0.5) is 11.4 Å². The zero-order chi connectivity index (χ0) is 30.1. The van der Waals surface area contributed by atoms with Crippen molar-refractivity contribution in [2.75, 3.05) is 10.6 Å². The second kappa shape index (κ2) is 13.9. The lowest BCUT2D eigenvalue weighted by Crippen LogP contribution is -2.30. The molecule has 0 bridgehead atoms. The summed E-state index contributed by atoms with van der Waals surface area (Å²) in [5, 5.41) is 26.5. The number of nitrogens with one attached hydrogen (secondary N) is 3. The molecule has 1 atom stereocenters. The van der Waals surface area contributed by atoms with E-state index in [-0.39, 0.29) is 22.9 Å². The first-order valence-electron chi connectivity index (χ1n) is 12.8. The number of phenols is 1. The summed E-state index contributed by atoms with van der Waals surface area (Å²) in [7, 11) is 0. The molecule has 0 saturated carbocycles. The molecule has 1 unspecified atom stereocenters. The summed E-state index contributed by atoms with van der Waals surface area (Å²) < 4.78 is 5.33. The lowest BCUT2D eigenvalue weighted by Gasteiger charge is -2.16. The van der Waals surface area contributed by atoms with Gasteiger partial charge in [0.15, 0.2) is 0 Å². The molecule has 214 valence electrons. The van der Waals surface area contributed by atoms with Crippen LogP contribution in [0.15, 0.2) is 106 Å². The van der Waals surface area contributed by atoms with Crippen LogP contribution < -0.4 is 16.0 Å². The Morgan fingerprint density at radius 3 is 2.36 bits per heavy atom. The molecular weight excluding hydrogens is 558 g/mol. The number of anilines is 2. The Bertz CT molecular complexity index is 1620. The van der Waals surface area contributed by atoms with E-state index in [0.29, 0.717) is 28.3 Å². The molecule has 0 saturated heterocycles. The van der Waals surface area contributed by atoms with Crippen LogP contribution in [0.3, 0.4) is 0 Å². The summed E-state index contributed by atoms with van der Waals surface area (Å²) >= 11 is 1.26. The van der Waals surface area contributed by atoms with Gasteiger partial charge >= 0.3 is 5.97 Å². The fraction of sp³-hybridized carbons (Fsp3) is 0.0968. The van der Waals surface area contributed by atoms with Crippen molar-refractivity contribution in [3.05, 3.63) is 114 Å². The number of carbonyl (C=O) groups excluding carboxylic acids is 3. The predicted molar refractivity (Wildman–Crippen MR) is 159 cm³/mol. The van der Waals surface area contributed by atoms with Crippen LogP contribution in [0.2, 0.25) is 0 Å². The summed E-state index contributed by atoms with van der Waals surface area (Å²) in [5.41, 5.74) is 0.701. The fourth-order valence-electron chi connectivity index (χ4n) is 3.80. The molecule has 3 amide bonds. The van der Waals surface area contributed by atoms with Crippen LogP contribution in [0.5, 0.6) is 5.75 Å². The summed E-state index contributed by atoms with van der Waals surface area (Å²) in [6, 6.07) is 22.5. The van der Waals surface area contributed by atoms with Crippen LogP contribution in [0.1, 0.15) is 39.8 Å². The molecule has 0 fully saturated rings. The molecule has 10 nitrogen and oxygen atoms in total. The van der Waals surface area contributed by atoms with Crippen molar-refractivity contribution in [1.29, 1.82) is 0 Å². The zero-order valence-electron chi connectivity index (χ0n) is 22.4. The van der Waals surface area contributed by atoms with Crippen molar-refractivity contribution >= 4 is 52.9 Å². The van der Waals surface area contributed by atoms with Crippen LogP contribution in [-0.4, -0.2) is 39.2 Å². The molecule has 11 heteroatoms. The Kier molecular flexibility index (Phi) is 9.80. The predicted octanol–water partition coefficient (Wildman–Crippen LogP) is 5.60. The molecule has 3 aromatic carbocycles. The van der Waals surface area contributed by atoms with E-state index in [0.717, 1.165) is 0 Å². The maximum atomic E-state index is 13.2. The molecule has 0 spiro atoms. The minimum absolute atomic E-state index is 0.0303. The Morgan fingerprint density at radius 2 is 1.67 bits per heavy atom. The number of aromatic hydroxyl groups is 1. The molecule has 0 aliphatic carbocycles. The van der Waals surface area contributed by atoms with Crippen molar-refractivity contribution in [3.8, 4) is 5.75 Å². The number of benzene rings is 3. The maximum Gasteiger partial charge on any atom is 0.339 e. The average Bonchev–Trinajstić information content (AvgIpc) is 3.50. The number of carboxylic acid groups (broad SMARTS) is 1. The molecule has 1 heterocycles. The standard InChI is InChI=1S/C31H27N3O7S/c1-2-27(30(38)33-21-13-14-26(35)24(17-21)31(39)40)42-23-12-6-10-20(16-23)32-29(37)25(18-22-11-7-15-41-22)34-28(36)19-8-4-3-5-9-19/h3-18,27,35H,2H2,1H3,(H,32,37)(H,33,38)(H,34,36)(H,39,40)/b25-18-. The van der Waals surface area contributed by atoms with Gasteiger partial charge in [-0.15, -0.1) is 11.8 Å². The largest absolute Gasteiger partial charge is 0.507 e. The molecule has 5 N–H and O–H groups in total. The highest BCUT2D eigenvalue weighted by atomic mass is 32.2. The van der Waals surface area contributed by atoms with E-state index in [1.165, 1.54) is 42.3 Å². The minimum Gasteiger partial charge on any atom is -0.507 e. The van der Waals surface area contributed by atoms with E-state index in [9.17, 15) is 29.4 Å². The molecule has 4 aromatic rings. The number of amides is 3. The van der Waals surface area contributed by atoms with Gasteiger partial charge in [0.1, 0.15) is 22.8 Å². The number of thioether (sulfide) groups is 1. The third kappa shape index (κ3) is 7.89. The highest BCUT2D eigenvalue weighted by molar-refractivity contribution is 8.00. The molecule has 4 rings (SSSR count). The third-order valence-electron chi connectivity index (χ3n) is 5.89. The lowest BCUT2D eigenvalue weighted by molar-refractivity contribution is -0.116. The Labute approximate surface area is 245 Å². The summed E-state index contributed by atoms with van der Waals surface area (Å²) in [5.74, 6) is -2.74. The van der Waals surface area contributed by atoms with Crippen LogP contribution in [0, 0.1) is 0 Å². The van der Waals surface area contributed by atoms with E-state index in [2.05, 4.69) is 16.0 Å². The van der Waals surface area contributed by atoms with Gasteiger partial charge < -0.3 is 30.6 Å². The van der Waals surface area contributed by atoms with Gasteiger partial charge in [0.05, 0.1) is 11.5 Å². The van der Waals surface area contributed by atoms with E-state index in [1.54, 1.807) is 66.7 Å². The van der Waals surface area contributed by atoms with E-state index >= 15 is 0 Å². The van der Waals surface area contributed by atoms with E-state index < -0.39 is 28.8 Å². The number of hydrogen-bond acceptors (Lipinski definition) is 7. The first kappa shape index (κ1) is 29.7. The third-order valence-corrected chi connectivity index (χ3v) is 7.24. The van der Waals surface area contributed by atoms with Crippen molar-refractivity contribution in [2.45, 2.75) is 23.5 Å². The van der Waals surface area contributed by atoms with Crippen LogP contribution >= 0.6 is 11.8 Å². The first-order chi connectivity index (χ1) is 20.2. The Balaban J connectivity index is 1.46. The Hall–Kier alpha value is -5.29. The number of rotatable bonds is 11. The molecular formula is C31H27N3O7S. The average molecular weight is 586 g/mol. The number of aromatic carboxylic acids is 1. The van der Waals surface area contributed by atoms with Gasteiger partial charge in [0, 0.05) is 27.9 Å². The molecule has 0 radical (unpaired) electrons. The molecule has 0 aliphatic heterocycles. The maximum absolute atomic E-state index is 13.2. The van der Waals surface area contributed by atoms with Gasteiger partial charge in [-0.2, -0.15) is 0 Å². The summed E-state index contributed by atoms with van der Waals surface area (Å²) in [6.45, 7) is 1.84. The quantitative estimate of drug-likeness (QED) is 0.0864. The smallest absolute Gasteiger partial charge is 0.339 e. The number of carboxylic acids is 1. The minimum atomic E-state index is -1.31. The SMILES string of the molecule is CCC(Sc1cccc(NC(=O)/C(=C/c2ccco2)NC(=O)c2ccccc2)c1)C(=O)Nc1ccc(O)c(C(=O)O)c1.